The molecule has 0 bridgehead atoms. The van der Waals surface area contributed by atoms with Gasteiger partial charge < -0.3 is 10.2 Å². The topological polar surface area (TPSA) is 95.6 Å². The van der Waals surface area contributed by atoms with Crippen molar-refractivity contribution in [3.05, 3.63) is 65.7 Å². The quantitative estimate of drug-likeness (QED) is 0.703. The molecule has 1 aliphatic heterocycles. The van der Waals surface area contributed by atoms with Crippen molar-refractivity contribution in [2.45, 2.75) is 36.6 Å². The fourth-order valence-corrected chi connectivity index (χ4v) is 4.24. The van der Waals surface area contributed by atoms with Gasteiger partial charge in [0.15, 0.2) is 0 Å². The predicted molar refractivity (Wildman–Crippen MR) is 115 cm³/mol. The minimum Gasteiger partial charge on any atom is -0.353 e. The van der Waals surface area contributed by atoms with E-state index in [0.29, 0.717) is 44.3 Å². The van der Waals surface area contributed by atoms with Gasteiger partial charge in [-0.2, -0.15) is 0 Å². The molecule has 7 nitrogen and oxygen atoms in total. The van der Waals surface area contributed by atoms with Crippen LogP contribution in [0.15, 0.2) is 59.5 Å². The average molecular weight is 430 g/mol. The van der Waals surface area contributed by atoms with E-state index in [4.69, 9.17) is 0 Å². The van der Waals surface area contributed by atoms with Crippen LogP contribution in [-0.4, -0.2) is 51.3 Å². The van der Waals surface area contributed by atoms with Crippen molar-refractivity contribution in [1.82, 2.24) is 14.9 Å². The Balaban J connectivity index is 1.46. The highest BCUT2D eigenvalue weighted by Gasteiger charge is 2.25. The zero-order chi connectivity index (χ0) is 21.6. The fourth-order valence-electron chi connectivity index (χ4n) is 3.51. The Morgan fingerprint density at radius 2 is 1.63 bits per heavy atom. The number of hydrogen-bond acceptors (Lipinski definition) is 4. The third kappa shape index (κ3) is 5.67. The van der Waals surface area contributed by atoms with E-state index in [1.54, 1.807) is 4.90 Å². The molecule has 2 amide bonds. The van der Waals surface area contributed by atoms with Gasteiger partial charge in [-0.05, 0) is 56.1 Å². The van der Waals surface area contributed by atoms with Crippen molar-refractivity contribution in [3.63, 3.8) is 0 Å². The molecular formula is C22H27N3O4S. The standard InChI is InChI=1S/C22H27N3O4S/c1-23-30(28,29)20-10-8-18(9-11-20)22(27)25-15-13-19(14-16-25)24-21(26)12-7-17-5-3-2-4-6-17/h2-6,8-11,19,23H,7,12-16H2,1H3,(H,24,26). The molecule has 8 heteroatoms. The summed E-state index contributed by atoms with van der Waals surface area (Å²) in [6, 6.07) is 15.9. The minimum absolute atomic E-state index is 0.0324. The fraction of sp³-hybridized carbons (Fsp3) is 0.364. The minimum atomic E-state index is -3.52. The normalized spacial score (nSPS) is 15.0. The second kappa shape index (κ2) is 9.86. The number of rotatable bonds is 7. The number of aryl methyl sites for hydroxylation is 1. The van der Waals surface area contributed by atoms with Crippen LogP contribution in [0.4, 0.5) is 0 Å². The molecule has 1 heterocycles. The van der Waals surface area contributed by atoms with E-state index in [-0.39, 0.29) is 22.8 Å². The van der Waals surface area contributed by atoms with E-state index < -0.39 is 10.0 Å². The van der Waals surface area contributed by atoms with E-state index in [1.165, 1.54) is 31.3 Å². The number of nitrogens with one attached hydrogen (secondary N) is 2. The first-order valence-corrected chi connectivity index (χ1v) is 11.5. The molecule has 30 heavy (non-hydrogen) atoms. The lowest BCUT2D eigenvalue weighted by Gasteiger charge is -2.32. The van der Waals surface area contributed by atoms with Gasteiger partial charge in [0.2, 0.25) is 15.9 Å². The van der Waals surface area contributed by atoms with Gasteiger partial charge in [0.25, 0.3) is 5.91 Å². The number of piperidine rings is 1. The summed E-state index contributed by atoms with van der Waals surface area (Å²) in [6.07, 6.45) is 2.57. The molecule has 0 atom stereocenters. The van der Waals surface area contributed by atoms with Crippen LogP contribution in [0.3, 0.4) is 0 Å². The molecule has 160 valence electrons. The summed E-state index contributed by atoms with van der Waals surface area (Å²) in [5, 5.41) is 3.07. The van der Waals surface area contributed by atoms with Crippen molar-refractivity contribution < 1.29 is 18.0 Å². The first-order chi connectivity index (χ1) is 14.4. The Kier molecular flexibility index (Phi) is 7.23. The Morgan fingerprint density at radius 1 is 1.00 bits per heavy atom. The third-order valence-corrected chi connectivity index (χ3v) is 6.74. The van der Waals surface area contributed by atoms with Crippen LogP contribution in [0.1, 0.15) is 35.2 Å². The molecule has 1 saturated heterocycles. The van der Waals surface area contributed by atoms with Crippen molar-refractivity contribution in [2.24, 2.45) is 0 Å². The van der Waals surface area contributed by atoms with Gasteiger partial charge in [-0.1, -0.05) is 30.3 Å². The monoisotopic (exact) mass is 429 g/mol. The molecule has 0 spiro atoms. The number of likely N-dealkylation sites (tertiary alicyclic amines) is 1. The molecule has 0 radical (unpaired) electrons. The van der Waals surface area contributed by atoms with Crippen molar-refractivity contribution in [3.8, 4) is 0 Å². The van der Waals surface area contributed by atoms with Crippen LogP contribution in [0, 0.1) is 0 Å². The lowest BCUT2D eigenvalue weighted by Crippen LogP contribution is -2.46. The Bertz CT molecular complexity index is 967. The largest absolute Gasteiger partial charge is 0.353 e. The number of amides is 2. The van der Waals surface area contributed by atoms with Gasteiger partial charge in [-0.15, -0.1) is 0 Å². The van der Waals surface area contributed by atoms with E-state index in [9.17, 15) is 18.0 Å². The summed E-state index contributed by atoms with van der Waals surface area (Å²) >= 11 is 0. The summed E-state index contributed by atoms with van der Waals surface area (Å²) in [5.41, 5.74) is 1.59. The van der Waals surface area contributed by atoms with E-state index in [1.807, 2.05) is 30.3 Å². The van der Waals surface area contributed by atoms with E-state index >= 15 is 0 Å². The summed E-state index contributed by atoms with van der Waals surface area (Å²) < 4.78 is 25.8. The number of sulfonamides is 1. The van der Waals surface area contributed by atoms with Gasteiger partial charge in [-0.25, -0.2) is 13.1 Å². The first-order valence-electron chi connectivity index (χ1n) is 10.1. The highest BCUT2D eigenvalue weighted by Crippen LogP contribution is 2.16. The Hall–Kier alpha value is -2.71. The van der Waals surface area contributed by atoms with Crippen LogP contribution in [0.5, 0.6) is 0 Å². The van der Waals surface area contributed by atoms with Crippen LogP contribution < -0.4 is 10.0 Å². The molecular weight excluding hydrogens is 402 g/mol. The second-order valence-corrected chi connectivity index (χ2v) is 9.24. The number of carbonyl (C=O) groups is 2. The van der Waals surface area contributed by atoms with Crippen molar-refractivity contribution in [2.75, 3.05) is 20.1 Å². The molecule has 0 aromatic heterocycles. The summed E-state index contributed by atoms with van der Waals surface area (Å²) in [5.74, 6) is -0.0952. The van der Waals surface area contributed by atoms with Crippen LogP contribution in [-0.2, 0) is 21.2 Å². The predicted octanol–water partition coefficient (Wildman–Crippen LogP) is 1.95. The number of benzene rings is 2. The Morgan fingerprint density at radius 3 is 2.23 bits per heavy atom. The van der Waals surface area contributed by atoms with E-state index in [0.717, 1.165) is 5.56 Å². The molecule has 3 rings (SSSR count). The van der Waals surface area contributed by atoms with Crippen LogP contribution >= 0.6 is 0 Å². The average Bonchev–Trinajstić information content (AvgIpc) is 2.78. The van der Waals surface area contributed by atoms with Crippen molar-refractivity contribution in [1.29, 1.82) is 0 Å². The number of nitrogens with zero attached hydrogens (tertiary/aromatic N) is 1. The van der Waals surface area contributed by atoms with E-state index in [2.05, 4.69) is 10.0 Å². The van der Waals surface area contributed by atoms with Gasteiger partial charge in [0.1, 0.15) is 0 Å². The third-order valence-electron chi connectivity index (χ3n) is 5.31. The molecule has 0 unspecified atom stereocenters. The lowest BCUT2D eigenvalue weighted by atomic mass is 10.0. The van der Waals surface area contributed by atoms with Gasteiger partial charge in [0.05, 0.1) is 4.90 Å². The van der Waals surface area contributed by atoms with Gasteiger partial charge in [-0.3, -0.25) is 9.59 Å². The smallest absolute Gasteiger partial charge is 0.253 e. The maximum Gasteiger partial charge on any atom is 0.253 e. The highest BCUT2D eigenvalue weighted by molar-refractivity contribution is 7.89. The maximum absolute atomic E-state index is 12.7. The molecule has 1 aliphatic rings. The maximum atomic E-state index is 12.7. The summed E-state index contributed by atoms with van der Waals surface area (Å²) in [6.45, 7) is 1.11. The van der Waals surface area contributed by atoms with Gasteiger partial charge in [0, 0.05) is 31.1 Å². The van der Waals surface area contributed by atoms with Crippen LogP contribution in [0.25, 0.3) is 0 Å². The first kappa shape index (κ1) is 22.0. The molecule has 2 N–H and O–H groups in total. The summed E-state index contributed by atoms with van der Waals surface area (Å²) in [7, 11) is -2.18. The van der Waals surface area contributed by atoms with Crippen LogP contribution in [0.2, 0.25) is 0 Å². The number of hydrogen-bond donors (Lipinski definition) is 2. The van der Waals surface area contributed by atoms with Gasteiger partial charge >= 0.3 is 0 Å². The molecule has 0 saturated carbocycles. The molecule has 2 aromatic rings. The second-order valence-electron chi connectivity index (χ2n) is 7.35. The zero-order valence-corrected chi connectivity index (χ0v) is 17.8. The number of carbonyl (C=O) groups excluding carboxylic acids is 2. The highest BCUT2D eigenvalue weighted by atomic mass is 32.2. The molecule has 1 fully saturated rings. The zero-order valence-electron chi connectivity index (χ0n) is 17.0. The SMILES string of the molecule is CNS(=O)(=O)c1ccc(C(=O)N2CCC(NC(=O)CCc3ccccc3)CC2)cc1. The lowest BCUT2D eigenvalue weighted by molar-refractivity contribution is -0.122. The Labute approximate surface area is 177 Å². The molecule has 2 aromatic carbocycles. The summed E-state index contributed by atoms with van der Waals surface area (Å²) in [4.78, 5) is 26.8. The van der Waals surface area contributed by atoms with Crippen molar-refractivity contribution >= 4 is 21.8 Å². The molecule has 0 aliphatic carbocycles.